The van der Waals surface area contributed by atoms with E-state index >= 15 is 0 Å². The van der Waals surface area contributed by atoms with E-state index in [-0.39, 0.29) is 12.5 Å². The molecule has 1 heterocycles. The summed E-state index contributed by atoms with van der Waals surface area (Å²) >= 11 is 0. The zero-order valence-electron chi connectivity index (χ0n) is 16.3. The first-order chi connectivity index (χ1) is 14.0. The molecule has 2 aliphatic rings. The number of carbonyl (C=O) groups is 1. The van der Waals surface area contributed by atoms with Gasteiger partial charge in [-0.2, -0.15) is 0 Å². The van der Waals surface area contributed by atoms with Crippen LogP contribution in [0.2, 0.25) is 0 Å². The van der Waals surface area contributed by atoms with Gasteiger partial charge in [-0.3, -0.25) is 4.79 Å². The molecule has 0 unspecified atom stereocenters. The fraction of sp³-hybridized carbons (Fsp3) is 0.318. The van der Waals surface area contributed by atoms with Crippen molar-refractivity contribution in [3.05, 3.63) is 70.6 Å². The Bertz CT molecular complexity index is 1010. The summed E-state index contributed by atoms with van der Waals surface area (Å²) in [7, 11) is -3.66. The Morgan fingerprint density at radius 1 is 0.897 bits per heavy atom. The van der Waals surface area contributed by atoms with Crippen molar-refractivity contribution >= 4 is 27.7 Å². The number of para-hydroxylation sites is 1. The molecule has 29 heavy (non-hydrogen) atoms. The molecule has 0 aromatic heterocycles. The van der Waals surface area contributed by atoms with Gasteiger partial charge in [0, 0.05) is 31.9 Å². The number of nitrogens with zero attached hydrogens (tertiary/aromatic N) is 2. The second-order valence-electron chi connectivity index (χ2n) is 7.34. The van der Waals surface area contributed by atoms with E-state index in [4.69, 9.17) is 0 Å². The van der Waals surface area contributed by atoms with Crippen LogP contribution in [0.3, 0.4) is 0 Å². The number of rotatable bonds is 5. The lowest BCUT2D eigenvalue weighted by Crippen LogP contribution is -2.51. The van der Waals surface area contributed by atoms with Gasteiger partial charge in [0.15, 0.2) is 0 Å². The summed E-state index contributed by atoms with van der Waals surface area (Å²) in [5, 5.41) is 0. The van der Waals surface area contributed by atoms with E-state index in [0.717, 1.165) is 29.9 Å². The number of nitrogens with one attached hydrogen (secondary N) is 1. The van der Waals surface area contributed by atoms with E-state index in [2.05, 4.69) is 21.8 Å². The first-order valence-corrected chi connectivity index (χ1v) is 11.4. The van der Waals surface area contributed by atoms with Crippen LogP contribution in [0.5, 0.6) is 0 Å². The average Bonchev–Trinajstić information content (AvgIpc) is 2.78. The minimum absolute atomic E-state index is 0.182. The molecule has 7 heteroatoms. The van der Waals surface area contributed by atoms with E-state index in [0.29, 0.717) is 30.8 Å². The third-order valence-electron chi connectivity index (χ3n) is 5.52. The topological polar surface area (TPSA) is 69.7 Å². The number of amides is 1. The summed E-state index contributed by atoms with van der Waals surface area (Å²) < 4.78 is 27.8. The van der Waals surface area contributed by atoms with Crippen molar-refractivity contribution in [2.45, 2.75) is 12.8 Å². The van der Waals surface area contributed by atoms with Crippen molar-refractivity contribution in [1.82, 2.24) is 9.62 Å². The van der Waals surface area contributed by atoms with Crippen LogP contribution in [-0.2, 0) is 21.2 Å². The van der Waals surface area contributed by atoms with Crippen LogP contribution in [-0.4, -0.2) is 51.9 Å². The number of anilines is 1. The number of sulfonamides is 1. The molecule has 1 fully saturated rings. The molecular weight excluding hydrogens is 386 g/mol. The van der Waals surface area contributed by atoms with Crippen molar-refractivity contribution in [2.75, 3.05) is 37.6 Å². The Hall–Kier alpha value is -2.64. The summed E-state index contributed by atoms with van der Waals surface area (Å²) in [6.07, 6.45) is 2.86. The van der Waals surface area contributed by atoms with Crippen molar-refractivity contribution in [1.29, 1.82) is 0 Å². The lowest BCUT2D eigenvalue weighted by atomic mass is 9.98. The monoisotopic (exact) mass is 411 g/mol. The molecule has 0 radical (unpaired) electrons. The molecule has 1 amide bonds. The highest BCUT2D eigenvalue weighted by Gasteiger charge is 2.25. The Morgan fingerprint density at radius 2 is 1.59 bits per heavy atom. The lowest BCUT2D eigenvalue weighted by Gasteiger charge is -2.36. The number of aryl methyl sites for hydroxylation is 1. The Kier molecular flexibility index (Phi) is 5.69. The number of hydrogen-bond acceptors (Lipinski definition) is 4. The largest absolute Gasteiger partial charge is 0.368 e. The van der Waals surface area contributed by atoms with Gasteiger partial charge in [-0.05, 0) is 42.2 Å². The van der Waals surface area contributed by atoms with Crippen LogP contribution >= 0.6 is 0 Å². The molecule has 0 atom stereocenters. The van der Waals surface area contributed by atoms with Crippen molar-refractivity contribution in [3.63, 3.8) is 0 Å². The van der Waals surface area contributed by atoms with Gasteiger partial charge in [0.1, 0.15) is 0 Å². The third-order valence-corrected chi connectivity index (χ3v) is 7.06. The van der Waals surface area contributed by atoms with Crippen molar-refractivity contribution in [3.8, 4) is 0 Å². The number of carbonyl (C=O) groups excluding carboxylic acids is 1. The summed E-state index contributed by atoms with van der Waals surface area (Å²) in [6.45, 7) is 2.46. The predicted octanol–water partition coefficient (Wildman–Crippen LogP) is 2.24. The summed E-state index contributed by atoms with van der Waals surface area (Å²) in [6, 6.07) is 17.9. The molecule has 1 N–H and O–H groups in total. The highest BCUT2D eigenvalue weighted by Crippen LogP contribution is 2.26. The van der Waals surface area contributed by atoms with E-state index in [1.807, 2.05) is 42.5 Å². The Morgan fingerprint density at radius 3 is 2.34 bits per heavy atom. The molecule has 4 rings (SSSR count). The van der Waals surface area contributed by atoms with Gasteiger partial charge in [-0.15, -0.1) is 0 Å². The molecule has 0 spiro atoms. The van der Waals surface area contributed by atoms with Gasteiger partial charge in [0.25, 0.3) is 0 Å². The number of fused-ring (bicyclic) bond motifs is 1. The highest BCUT2D eigenvalue weighted by atomic mass is 32.2. The van der Waals surface area contributed by atoms with E-state index in [1.165, 1.54) is 0 Å². The highest BCUT2D eigenvalue weighted by molar-refractivity contribution is 7.93. The standard InChI is InChI=1S/C22H25N3O3S/c26-22(25-14-12-24(13-15-25)20-8-2-1-3-9-20)17-23-29(27,28)21-11-10-18-6-4-5-7-19(18)16-21/h1-9,16,23H,10-15,17H2. The number of piperazine rings is 1. The second kappa shape index (κ2) is 8.39. The molecule has 2 aromatic carbocycles. The van der Waals surface area contributed by atoms with Crippen LogP contribution in [0.4, 0.5) is 5.69 Å². The molecule has 1 aliphatic heterocycles. The number of benzene rings is 2. The first-order valence-electron chi connectivity index (χ1n) is 9.89. The van der Waals surface area contributed by atoms with Gasteiger partial charge in [-0.1, -0.05) is 42.5 Å². The minimum atomic E-state index is -3.66. The summed E-state index contributed by atoms with van der Waals surface area (Å²) in [5.74, 6) is -0.182. The van der Waals surface area contributed by atoms with Gasteiger partial charge >= 0.3 is 0 Å². The maximum absolute atomic E-state index is 12.7. The minimum Gasteiger partial charge on any atom is -0.368 e. The third kappa shape index (κ3) is 4.52. The van der Waals surface area contributed by atoms with Gasteiger partial charge in [-0.25, -0.2) is 13.1 Å². The normalized spacial score (nSPS) is 16.9. The Balaban J connectivity index is 1.32. The van der Waals surface area contributed by atoms with Gasteiger partial charge in [0.2, 0.25) is 15.9 Å². The van der Waals surface area contributed by atoms with E-state index in [1.54, 1.807) is 11.0 Å². The fourth-order valence-corrected chi connectivity index (χ4v) is 4.98. The quantitative estimate of drug-likeness (QED) is 0.819. The van der Waals surface area contributed by atoms with Crippen LogP contribution in [0.25, 0.3) is 6.08 Å². The molecule has 152 valence electrons. The molecule has 6 nitrogen and oxygen atoms in total. The van der Waals surface area contributed by atoms with Crippen LogP contribution in [0.1, 0.15) is 17.5 Å². The van der Waals surface area contributed by atoms with Gasteiger partial charge < -0.3 is 9.80 Å². The van der Waals surface area contributed by atoms with Crippen molar-refractivity contribution < 1.29 is 13.2 Å². The van der Waals surface area contributed by atoms with Crippen molar-refractivity contribution in [2.24, 2.45) is 0 Å². The molecule has 0 bridgehead atoms. The van der Waals surface area contributed by atoms with E-state index in [9.17, 15) is 13.2 Å². The zero-order chi connectivity index (χ0) is 20.3. The Labute approximate surface area is 171 Å². The van der Waals surface area contributed by atoms with Crippen LogP contribution in [0.15, 0.2) is 59.5 Å². The van der Waals surface area contributed by atoms with Crippen LogP contribution < -0.4 is 9.62 Å². The maximum Gasteiger partial charge on any atom is 0.237 e. The molecule has 1 saturated heterocycles. The predicted molar refractivity (Wildman–Crippen MR) is 115 cm³/mol. The second-order valence-corrected chi connectivity index (χ2v) is 9.16. The molecule has 1 aliphatic carbocycles. The average molecular weight is 412 g/mol. The molecular formula is C22H25N3O3S. The summed E-state index contributed by atoms with van der Waals surface area (Å²) in [5.41, 5.74) is 3.23. The summed E-state index contributed by atoms with van der Waals surface area (Å²) in [4.78, 5) is 16.8. The van der Waals surface area contributed by atoms with Crippen LogP contribution in [0, 0.1) is 0 Å². The maximum atomic E-state index is 12.7. The first kappa shape index (κ1) is 19.7. The van der Waals surface area contributed by atoms with E-state index < -0.39 is 10.0 Å². The number of allylic oxidation sites excluding steroid dienone is 1. The zero-order valence-corrected chi connectivity index (χ0v) is 17.1. The fourth-order valence-electron chi connectivity index (χ4n) is 3.83. The smallest absolute Gasteiger partial charge is 0.237 e. The molecule has 2 aromatic rings. The van der Waals surface area contributed by atoms with Gasteiger partial charge in [0.05, 0.1) is 11.4 Å². The SMILES string of the molecule is O=C(CNS(=O)(=O)C1=Cc2ccccc2CC1)N1CCN(c2ccccc2)CC1. The number of hydrogen-bond donors (Lipinski definition) is 1. The lowest BCUT2D eigenvalue weighted by molar-refractivity contribution is -0.130. The molecule has 0 saturated carbocycles.